The van der Waals surface area contributed by atoms with Crippen molar-refractivity contribution in [2.45, 2.75) is 20.8 Å². The molecule has 0 rings (SSSR count). The topological polar surface area (TPSA) is 72.9 Å². The van der Waals surface area contributed by atoms with E-state index in [9.17, 15) is 14.4 Å². The molecule has 0 unspecified atom stereocenters. The van der Waals surface area contributed by atoms with Crippen LogP contribution in [0.5, 0.6) is 0 Å². The van der Waals surface area contributed by atoms with E-state index >= 15 is 0 Å². The Bertz CT molecular complexity index is 243. The van der Waals surface area contributed by atoms with Crippen molar-refractivity contribution in [2.75, 3.05) is 13.2 Å². The van der Waals surface area contributed by atoms with E-state index in [4.69, 9.17) is 0 Å². The van der Waals surface area contributed by atoms with Crippen LogP contribution in [0.4, 0.5) is 9.59 Å². The van der Waals surface area contributed by atoms with E-state index in [1.807, 2.05) is 0 Å². The number of esters is 1. The third-order valence-electron chi connectivity index (χ3n) is 1.26. The summed E-state index contributed by atoms with van der Waals surface area (Å²) < 4.78 is 8.79. The van der Waals surface area contributed by atoms with Crippen molar-refractivity contribution in [3.05, 3.63) is 0 Å². The first kappa shape index (κ1) is 16.8. The van der Waals surface area contributed by atoms with Crippen molar-refractivity contribution in [3.8, 4) is 0 Å². The van der Waals surface area contributed by atoms with Gasteiger partial charge in [-0.1, -0.05) is 0 Å². The number of carbonyl (C=O) groups excluding carboxylic acids is 3. The van der Waals surface area contributed by atoms with E-state index in [2.05, 4.69) is 9.47 Å². The molecule has 6 nitrogen and oxygen atoms in total. The zero-order chi connectivity index (χ0) is 11.1. The summed E-state index contributed by atoms with van der Waals surface area (Å²) in [5, 5.41) is 0. The van der Waals surface area contributed by atoms with Gasteiger partial charge < -0.3 is 9.47 Å². The van der Waals surface area contributed by atoms with Crippen LogP contribution >= 0.6 is 0 Å². The molecule has 0 aliphatic rings. The molecule has 2 amide bonds. The van der Waals surface area contributed by atoms with Gasteiger partial charge >= 0.3 is 18.2 Å². The van der Waals surface area contributed by atoms with Crippen molar-refractivity contribution in [1.29, 1.82) is 0 Å². The average molecular weight is 226 g/mol. The van der Waals surface area contributed by atoms with E-state index in [0.29, 0.717) is 4.90 Å². The van der Waals surface area contributed by atoms with E-state index in [1.165, 1.54) is 0 Å². The monoisotopic (exact) mass is 226 g/mol. The van der Waals surface area contributed by atoms with Crippen molar-refractivity contribution < 1.29 is 23.9 Å². The number of nitrogens with zero attached hydrogens (tertiary/aromatic N) is 1. The summed E-state index contributed by atoms with van der Waals surface area (Å²) in [5.74, 6) is -0.766. The molecule has 0 aromatic rings. The first-order valence-electron chi connectivity index (χ1n) is 4.19. The molecule has 0 saturated carbocycles. The van der Waals surface area contributed by atoms with Crippen molar-refractivity contribution in [1.82, 2.24) is 4.90 Å². The fraction of sp³-hybridized carbons (Fsp3) is 0.625. The van der Waals surface area contributed by atoms with Crippen LogP contribution < -0.4 is 0 Å². The fourth-order valence-corrected chi connectivity index (χ4v) is 0.712. The molecule has 0 fully saturated rings. The molecule has 0 spiro atoms. The van der Waals surface area contributed by atoms with Gasteiger partial charge in [-0.05, 0) is 13.8 Å². The van der Waals surface area contributed by atoms with Gasteiger partial charge in [0.1, 0.15) is 0 Å². The number of hydrogen-bond acceptors (Lipinski definition) is 5. The SMILES string of the molecule is CCOC(=O)N(CC)C(=O)OC(C)=O.[Na]. The molecule has 0 aliphatic carbocycles. The van der Waals surface area contributed by atoms with Crippen LogP contribution in [0.3, 0.4) is 0 Å². The number of rotatable bonds is 2. The van der Waals surface area contributed by atoms with Gasteiger partial charge in [-0.2, -0.15) is 0 Å². The summed E-state index contributed by atoms with van der Waals surface area (Å²) in [4.78, 5) is 33.3. The molecule has 0 aliphatic heterocycles. The zero-order valence-electron chi connectivity index (χ0n) is 9.40. The second-order valence-electron chi connectivity index (χ2n) is 2.30. The van der Waals surface area contributed by atoms with Gasteiger partial charge in [0.15, 0.2) is 0 Å². The largest absolute Gasteiger partial charge is 0.449 e. The van der Waals surface area contributed by atoms with E-state index in [-0.39, 0.29) is 42.7 Å². The molecular formula is C8H13NNaO5. The quantitative estimate of drug-likeness (QED) is 0.395. The molecule has 0 N–H and O–H groups in total. The predicted molar refractivity (Wildman–Crippen MR) is 52.3 cm³/mol. The molecule has 0 saturated heterocycles. The fourth-order valence-electron chi connectivity index (χ4n) is 0.712. The number of amides is 2. The van der Waals surface area contributed by atoms with Crippen LogP contribution in [-0.2, 0) is 14.3 Å². The van der Waals surface area contributed by atoms with Gasteiger partial charge in [0.25, 0.3) is 0 Å². The van der Waals surface area contributed by atoms with Gasteiger partial charge in [0.2, 0.25) is 0 Å². The van der Waals surface area contributed by atoms with E-state index in [1.54, 1.807) is 13.8 Å². The normalized spacial score (nSPS) is 8.47. The maximum Gasteiger partial charge on any atom is 0.427 e. The molecule has 0 bridgehead atoms. The van der Waals surface area contributed by atoms with Crippen molar-refractivity contribution in [2.24, 2.45) is 0 Å². The molecule has 0 heterocycles. The molecule has 7 heteroatoms. The Labute approximate surface area is 110 Å². The second kappa shape index (κ2) is 8.70. The van der Waals surface area contributed by atoms with Gasteiger partial charge in [-0.3, -0.25) is 4.79 Å². The first-order valence-corrected chi connectivity index (χ1v) is 4.19. The average Bonchev–Trinajstić information content (AvgIpc) is 2.04. The zero-order valence-corrected chi connectivity index (χ0v) is 11.4. The van der Waals surface area contributed by atoms with Gasteiger partial charge in [-0.15, -0.1) is 0 Å². The molecule has 15 heavy (non-hydrogen) atoms. The third-order valence-corrected chi connectivity index (χ3v) is 1.26. The molecule has 81 valence electrons. The van der Waals surface area contributed by atoms with Crippen LogP contribution in [0.2, 0.25) is 0 Å². The second-order valence-corrected chi connectivity index (χ2v) is 2.30. The molecule has 0 atom stereocenters. The summed E-state index contributed by atoms with van der Waals surface area (Å²) in [6.07, 6.45) is -1.83. The minimum atomic E-state index is -1.02. The minimum absolute atomic E-state index is 0. The summed E-state index contributed by atoms with van der Waals surface area (Å²) >= 11 is 0. The van der Waals surface area contributed by atoms with E-state index in [0.717, 1.165) is 6.92 Å². The minimum Gasteiger partial charge on any atom is -0.449 e. The molecule has 0 aromatic heterocycles. The van der Waals surface area contributed by atoms with Gasteiger partial charge in [0, 0.05) is 43.0 Å². The standard InChI is InChI=1S/C8H13NO5.Na/c1-4-9(7(11)13-5-2)8(12)14-6(3)10;/h4-5H2,1-3H3;. The van der Waals surface area contributed by atoms with Gasteiger partial charge in [0.05, 0.1) is 6.61 Å². The number of imide groups is 1. The summed E-state index contributed by atoms with van der Waals surface area (Å²) in [6.45, 7) is 4.50. The Kier molecular flexibility index (Phi) is 9.76. The molecule has 1 radical (unpaired) electrons. The van der Waals surface area contributed by atoms with Crippen LogP contribution in [0, 0.1) is 0 Å². The Balaban J connectivity index is 0. The van der Waals surface area contributed by atoms with E-state index < -0.39 is 18.2 Å². The summed E-state index contributed by atoms with van der Waals surface area (Å²) in [6, 6.07) is 0. The van der Waals surface area contributed by atoms with Crippen LogP contribution in [0.25, 0.3) is 0 Å². The predicted octanol–water partition coefficient (Wildman–Crippen LogP) is 0.767. The van der Waals surface area contributed by atoms with Crippen LogP contribution in [0.1, 0.15) is 20.8 Å². The number of carbonyl (C=O) groups is 3. The summed E-state index contributed by atoms with van der Waals surface area (Å²) in [7, 11) is 0. The smallest absolute Gasteiger partial charge is 0.427 e. The van der Waals surface area contributed by atoms with Crippen LogP contribution in [0.15, 0.2) is 0 Å². The van der Waals surface area contributed by atoms with Gasteiger partial charge in [-0.25, -0.2) is 14.5 Å². The first-order chi connectivity index (χ1) is 6.52. The third kappa shape index (κ3) is 6.48. The maximum absolute atomic E-state index is 11.1. The number of hydrogen-bond donors (Lipinski definition) is 0. The Hall–Kier alpha value is -0.590. The molecule has 0 aromatic carbocycles. The molecular weight excluding hydrogens is 213 g/mol. The van der Waals surface area contributed by atoms with Crippen molar-refractivity contribution >= 4 is 47.7 Å². The van der Waals surface area contributed by atoms with Crippen LogP contribution in [-0.4, -0.2) is 65.8 Å². The summed E-state index contributed by atoms with van der Waals surface area (Å²) in [5.41, 5.74) is 0. The number of ether oxygens (including phenoxy) is 2. The Morgan fingerprint density at radius 3 is 2.00 bits per heavy atom. The van der Waals surface area contributed by atoms with Crippen molar-refractivity contribution in [3.63, 3.8) is 0 Å². The maximum atomic E-state index is 11.1. The Morgan fingerprint density at radius 2 is 1.67 bits per heavy atom. The Morgan fingerprint density at radius 1 is 1.13 bits per heavy atom.